The van der Waals surface area contributed by atoms with E-state index >= 15 is 0 Å². The molecule has 3 aromatic rings. The van der Waals surface area contributed by atoms with Crippen LogP contribution in [-0.2, 0) is 6.54 Å². The lowest BCUT2D eigenvalue weighted by Crippen LogP contribution is -1.99. The van der Waals surface area contributed by atoms with Crippen molar-refractivity contribution in [2.45, 2.75) is 6.54 Å². The second-order valence-electron chi connectivity index (χ2n) is 4.57. The van der Waals surface area contributed by atoms with Crippen LogP contribution in [0.5, 0.6) is 5.75 Å². The maximum absolute atomic E-state index is 13.7. The van der Waals surface area contributed by atoms with Crippen molar-refractivity contribution < 1.29 is 9.13 Å². The summed E-state index contributed by atoms with van der Waals surface area (Å²) in [7, 11) is 1.65. The van der Waals surface area contributed by atoms with Gasteiger partial charge in [0.05, 0.1) is 12.6 Å². The molecule has 1 heterocycles. The molecule has 0 aliphatic rings. The molecule has 0 amide bonds. The minimum Gasteiger partial charge on any atom is -0.497 e. The monoisotopic (exact) mass is 333 g/mol. The van der Waals surface area contributed by atoms with Gasteiger partial charge < -0.3 is 9.30 Å². The minimum atomic E-state index is -0.189. The maximum atomic E-state index is 13.7. The lowest BCUT2D eigenvalue weighted by molar-refractivity contribution is 0.414. The molecule has 0 aliphatic carbocycles. The van der Waals surface area contributed by atoms with Crippen LogP contribution < -0.4 is 4.74 Å². The van der Waals surface area contributed by atoms with E-state index < -0.39 is 0 Å². The predicted octanol–water partition coefficient (Wildman–Crippen LogP) is 4.60. The average molecular weight is 334 g/mol. The summed E-state index contributed by atoms with van der Waals surface area (Å²) in [5.41, 5.74) is 1.98. The van der Waals surface area contributed by atoms with E-state index in [1.165, 1.54) is 6.07 Å². The minimum absolute atomic E-state index is 0.189. The molecule has 2 nitrogen and oxygen atoms in total. The molecule has 0 unspecified atom stereocenters. The molecule has 0 N–H and O–H groups in total. The first-order valence-electron chi connectivity index (χ1n) is 6.25. The van der Waals surface area contributed by atoms with E-state index in [2.05, 4.69) is 15.9 Å². The van der Waals surface area contributed by atoms with Crippen LogP contribution in [0, 0.1) is 5.82 Å². The molecule has 0 fully saturated rings. The van der Waals surface area contributed by atoms with Crippen LogP contribution in [0.3, 0.4) is 0 Å². The third kappa shape index (κ3) is 2.31. The van der Waals surface area contributed by atoms with E-state index in [1.807, 2.05) is 35.0 Å². The van der Waals surface area contributed by atoms with Gasteiger partial charge in [0.2, 0.25) is 0 Å². The molecule has 102 valence electrons. The van der Waals surface area contributed by atoms with Crippen LogP contribution in [0.15, 0.2) is 53.1 Å². The first-order chi connectivity index (χ1) is 9.69. The number of aromatic nitrogens is 1. The Balaban J connectivity index is 2.03. The number of halogens is 2. The van der Waals surface area contributed by atoms with Gasteiger partial charge in [0.15, 0.2) is 0 Å². The van der Waals surface area contributed by atoms with Crippen molar-refractivity contribution in [3.63, 3.8) is 0 Å². The van der Waals surface area contributed by atoms with Gasteiger partial charge in [-0.2, -0.15) is 0 Å². The fourth-order valence-electron chi connectivity index (χ4n) is 2.31. The Morgan fingerprint density at radius 1 is 1.20 bits per heavy atom. The van der Waals surface area contributed by atoms with E-state index in [9.17, 15) is 4.39 Å². The van der Waals surface area contributed by atoms with Crippen molar-refractivity contribution >= 4 is 26.8 Å². The van der Waals surface area contributed by atoms with E-state index in [4.69, 9.17) is 4.74 Å². The molecule has 0 bridgehead atoms. The summed E-state index contributed by atoms with van der Waals surface area (Å²) in [5, 5.41) is 0.645. The highest BCUT2D eigenvalue weighted by Crippen LogP contribution is 2.26. The van der Waals surface area contributed by atoms with Gasteiger partial charge in [-0.25, -0.2) is 4.39 Å². The summed E-state index contributed by atoms with van der Waals surface area (Å²) in [6.45, 7) is 0.657. The van der Waals surface area contributed by atoms with Crippen LogP contribution in [0.1, 0.15) is 5.56 Å². The van der Waals surface area contributed by atoms with E-state index in [1.54, 1.807) is 19.2 Å². The van der Waals surface area contributed by atoms with Crippen LogP contribution in [0.4, 0.5) is 4.39 Å². The third-order valence-corrected chi connectivity index (χ3v) is 4.13. The van der Waals surface area contributed by atoms with Crippen LogP contribution in [0.25, 0.3) is 10.9 Å². The molecular weight excluding hydrogens is 321 g/mol. The third-order valence-electron chi connectivity index (χ3n) is 3.35. The molecule has 0 radical (unpaired) electrons. The second-order valence-corrected chi connectivity index (χ2v) is 5.43. The molecule has 0 saturated heterocycles. The zero-order valence-corrected chi connectivity index (χ0v) is 12.5. The van der Waals surface area contributed by atoms with Gasteiger partial charge in [-0.1, -0.05) is 22.0 Å². The SMILES string of the molecule is COc1ccc(Br)c(Cn2ccc3c(F)cccc32)c1. The standard InChI is InChI=1S/C16H13BrFNO/c1-20-12-5-6-14(17)11(9-12)10-19-8-7-13-15(18)3-2-4-16(13)19/h2-9H,10H2,1H3. The van der Waals surface area contributed by atoms with Gasteiger partial charge in [0.25, 0.3) is 0 Å². The molecule has 0 saturated carbocycles. The number of benzene rings is 2. The lowest BCUT2D eigenvalue weighted by Gasteiger charge is -2.10. The second kappa shape index (κ2) is 5.29. The topological polar surface area (TPSA) is 14.2 Å². The van der Waals surface area contributed by atoms with E-state index in [0.717, 1.165) is 21.3 Å². The van der Waals surface area contributed by atoms with Crippen molar-refractivity contribution in [2.24, 2.45) is 0 Å². The number of ether oxygens (including phenoxy) is 1. The Morgan fingerprint density at radius 2 is 2.05 bits per heavy atom. The number of nitrogens with zero attached hydrogens (tertiary/aromatic N) is 1. The number of methoxy groups -OCH3 is 1. The van der Waals surface area contributed by atoms with Crippen LogP contribution >= 0.6 is 15.9 Å². The molecule has 0 spiro atoms. The number of rotatable bonds is 3. The van der Waals surface area contributed by atoms with Gasteiger partial charge in [0, 0.05) is 22.6 Å². The zero-order chi connectivity index (χ0) is 14.1. The smallest absolute Gasteiger partial charge is 0.132 e. The molecule has 20 heavy (non-hydrogen) atoms. The van der Waals surface area contributed by atoms with E-state index in [0.29, 0.717) is 11.9 Å². The largest absolute Gasteiger partial charge is 0.497 e. The average Bonchev–Trinajstić information content (AvgIpc) is 2.86. The zero-order valence-electron chi connectivity index (χ0n) is 10.9. The van der Waals surface area contributed by atoms with Gasteiger partial charge in [-0.3, -0.25) is 0 Å². The highest BCUT2D eigenvalue weighted by molar-refractivity contribution is 9.10. The highest BCUT2D eigenvalue weighted by atomic mass is 79.9. The predicted molar refractivity (Wildman–Crippen MR) is 81.7 cm³/mol. The Morgan fingerprint density at radius 3 is 2.85 bits per heavy atom. The quantitative estimate of drug-likeness (QED) is 0.683. The molecule has 1 aromatic heterocycles. The van der Waals surface area contributed by atoms with E-state index in [-0.39, 0.29) is 5.82 Å². The fraction of sp³-hybridized carbons (Fsp3) is 0.125. The van der Waals surface area contributed by atoms with Crippen molar-refractivity contribution in [2.75, 3.05) is 7.11 Å². The van der Waals surface area contributed by atoms with Gasteiger partial charge in [0.1, 0.15) is 11.6 Å². The number of fused-ring (bicyclic) bond motifs is 1. The Labute approximate surface area is 124 Å². The van der Waals surface area contributed by atoms with Crippen molar-refractivity contribution in [1.29, 1.82) is 0 Å². The molecule has 0 atom stereocenters. The highest BCUT2D eigenvalue weighted by Gasteiger charge is 2.08. The Kier molecular flexibility index (Phi) is 3.49. The summed E-state index contributed by atoms with van der Waals surface area (Å²) < 4.78 is 22.0. The molecule has 4 heteroatoms. The number of hydrogen-bond acceptors (Lipinski definition) is 1. The van der Waals surface area contributed by atoms with Gasteiger partial charge >= 0.3 is 0 Å². The first kappa shape index (κ1) is 13.2. The summed E-state index contributed by atoms with van der Waals surface area (Å²) in [6.07, 6.45) is 1.90. The van der Waals surface area contributed by atoms with Gasteiger partial charge in [-0.05, 0) is 42.0 Å². The fourth-order valence-corrected chi connectivity index (χ4v) is 2.68. The number of hydrogen-bond donors (Lipinski definition) is 0. The first-order valence-corrected chi connectivity index (χ1v) is 7.04. The summed E-state index contributed by atoms with van der Waals surface area (Å²) in [4.78, 5) is 0. The van der Waals surface area contributed by atoms with Crippen LogP contribution in [0.2, 0.25) is 0 Å². The summed E-state index contributed by atoms with van der Waals surface area (Å²) in [6, 6.07) is 12.8. The molecule has 0 aliphatic heterocycles. The van der Waals surface area contributed by atoms with Gasteiger partial charge in [-0.15, -0.1) is 0 Å². The van der Waals surface area contributed by atoms with Crippen molar-refractivity contribution in [3.8, 4) is 5.75 Å². The Hall–Kier alpha value is -1.81. The van der Waals surface area contributed by atoms with Crippen LogP contribution in [-0.4, -0.2) is 11.7 Å². The van der Waals surface area contributed by atoms with Crippen molar-refractivity contribution in [1.82, 2.24) is 4.57 Å². The summed E-state index contributed by atoms with van der Waals surface area (Å²) >= 11 is 3.54. The normalized spacial score (nSPS) is 10.9. The molecular formula is C16H13BrFNO. The molecule has 3 rings (SSSR count). The Bertz CT molecular complexity index is 766. The van der Waals surface area contributed by atoms with Crippen molar-refractivity contribution in [3.05, 3.63) is 64.5 Å². The lowest BCUT2D eigenvalue weighted by atomic mass is 10.2. The summed E-state index contributed by atoms with van der Waals surface area (Å²) in [5.74, 6) is 0.622. The molecule has 2 aromatic carbocycles. The maximum Gasteiger partial charge on any atom is 0.132 e.